The molecule has 0 aliphatic carbocycles. The van der Waals surface area contributed by atoms with Crippen LogP contribution in [0.5, 0.6) is 0 Å². The van der Waals surface area contributed by atoms with Crippen LogP contribution in [-0.4, -0.2) is 26.7 Å². The molecule has 6 heteroatoms. The molecule has 0 heterocycles. The lowest BCUT2D eigenvalue weighted by molar-refractivity contribution is 0.225. The topological polar surface area (TPSA) is 58.0 Å². The van der Waals surface area contributed by atoms with Crippen LogP contribution in [0.2, 0.25) is 19.6 Å². The summed E-state index contributed by atoms with van der Waals surface area (Å²) < 4.78 is 42.5. The van der Waals surface area contributed by atoms with Gasteiger partial charge in [0, 0.05) is 16.2 Å². The van der Waals surface area contributed by atoms with E-state index in [0.29, 0.717) is 0 Å². The highest BCUT2D eigenvalue weighted by atomic mass is 35.5. The predicted octanol–water partition coefficient (Wildman–Crippen LogP) is 2.76. The maximum Gasteiger partial charge on any atom is 0.184 e. The summed E-state index contributed by atoms with van der Waals surface area (Å²) in [6, 6.07) is 0. The van der Waals surface area contributed by atoms with Gasteiger partial charge >= 0.3 is 0 Å². The molecule has 0 saturated carbocycles. The third-order valence-electron chi connectivity index (χ3n) is 0.690. The van der Waals surface area contributed by atoms with E-state index in [1.165, 1.54) is 0 Å². The monoisotopic (exact) mass is 212 g/mol. The minimum atomic E-state index is -2.92. The van der Waals surface area contributed by atoms with Crippen LogP contribution in [-0.2, 0) is 4.43 Å². The number of alkyl halides is 1. The number of hydrogen-bond acceptors (Lipinski definition) is 2. The molecule has 0 aliphatic rings. The molecule has 0 spiro atoms. The Labute approximate surface area is 85.6 Å². The van der Waals surface area contributed by atoms with E-state index in [1.54, 1.807) is 19.6 Å². The summed E-state index contributed by atoms with van der Waals surface area (Å²) in [7, 11) is -2.48. The minimum Gasteiger partial charge on any atom is -0.413 e. The zero-order valence-electron chi connectivity index (χ0n) is 12.1. The fourth-order valence-electron chi connectivity index (χ4n) is 0.437. The number of azide groups is 1. The standard InChI is InChI=1S/C6H14ClN3OSi/c1-12(2,3)11-6(4-7)5-9-10-8/h6H,4-5H2,1-3H3/t6-/m1/s1/i4D2,5D2,6D. The van der Waals surface area contributed by atoms with Crippen molar-refractivity contribution in [3.8, 4) is 0 Å². The molecule has 0 saturated heterocycles. The maximum absolute atomic E-state index is 8.25. The van der Waals surface area contributed by atoms with E-state index in [0.717, 1.165) is 0 Å². The molecular formula is C6H14ClN3OSi. The first-order chi connectivity index (χ1) is 7.27. The molecule has 0 radical (unpaired) electrons. The van der Waals surface area contributed by atoms with E-state index < -0.39 is 26.7 Å². The summed E-state index contributed by atoms with van der Waals surface area (Å²) in [5.74, 6) is -2.84. The molecule has 0 aliphatic heterocycles. The van der Waals surface area contributed by atoms with E-state index in [2.05, 4.69) is 10.0 Å². The average molecular weight is 213 g/mol. The summed E-state index contributed by atoms with van der Waals surface area (Å²) in [5, 5.41) is 2.78. The molecular weight excluding hydrogens is 194 g/mol. The van der Waals surface area contributed by atoms with Gasteiger partial charge in [0.15, 0.2) is 8.32 Å². The van der Waals surface area contributed by atoms with Gasteiger partial charge in [-0.1, -0.05) is 5.11 Å². The van der Waals surface area contributed by atoms with Crippen molar-refractivity contribution < 1.29 is 11.3 Å². The third-order valence-corrected chi connectivity index (χ3v) is 1.68. The van der Waals surface area contributed by atoms with Crippen molar-refractivity contribution in [2.24, 2.45) is 5.11 Å². The van der Waals surface area contributed by atoms with Crippen LogP contribution in [0, 0.1) is 0 Å². The lowest BCUT2D eigenvalue weighted by Crippen LogP contribution is -2.34. The Hall–Kier alpha value is -0.223. The number of rotatable bonds is 5. The second-order valence-electron chi connectivity index (χ2n) is 2.94. The van der Waals surface area contributed by atoms with E-state index in [1.807, 2.05) is 0 Å². The lowest BCUT2D eigenvalue weighted by Gasteiger charge is -2.23. The lowest BCUT2D eigenvalue weighted by atomic mass is 10.4. The fourth-order valence-corrected chi connectivity index (χ4v) is 1.29. The van der Waals surface area contributed by atoms with Crippen LogP contribution in [0.15, 0.2) is 5.11 Å². The summed E-state index contributed by atoms with van der Waals surface area (Å²) >= 11 is 5.39. The van der Waals surface area contributed by atoms with E-state index in [4.69, 9.17) is 28.4 Å². The molecule has 0 aromatic heterocycles. The first-order valence-electron chi connectivity index (χ1n) is 5.72. The molecule has 0 bridgehead atoms. The molecule has 70 valence electrons. The molecule has 0 N–H and O–H groups in total. The third kappa shape index (κ3) is 6.48. The molecule has 0 unspecified atom stereocenters. The Morgan fingerprint density at radius 1 is 1.83 bits per heavy atom. The Kier molecular flexibility index (Phi) is 2.49. The van der Waals surface area contributed by atoms with Gasteiger partial charge in [-0.2, -0.15) is 0 Å². The maximum atomic E-state index is 8.25. The van der Waals surface area contributed by atoms with Crippen molar-refractivity contribution >= 4 is 19.9 Å². The Morgan fingerprint density at radius 3 is 2.75 bits per heavy atom. The van der Waals surface area contributed by atoms with Crippen LogP contribution < -0.4 is 0 Å². The van der Waals surface area contributed by atoms with Crippen molar-refractivity contribution in [2.75, 3.05) is 12.3 Å². The van der Waals surface area contributed by atoms with Gasteiger partial charge in [-0.25, -0.2) is 0 Å². The van der Waals surface area contributed by atoms with E-state index in [9.17, 15) is 0 Å². The highest BCUT2D eigenvalue weighted by molar-refractivity contribution is 6.69. The van der Waals surface area contributed by atoms with Crippen molar-refractivity contribution in [3.05, 3.63) is 10.4 Å². The zero-order chi connectivity index (χ0) is 14.1. The average Bonchev–Trinajstić information content (AvgIpc) is 1.97. The molecule has 0 aromatic carbocycles. The number of nitrogens with zero attached hydrogens (tertiary/aromatic N) is 3. The normalized spacial score (nSPS) is 24.8. The molecule has 0 rings (SSSR count). The summed E-state index contributed by atoms with van der Waals surface area (Å²) in [5.41, 5.74) is 8.25. The van der Waals surface area contributed by atoms with Crippen LogP contribution in [0.1, 0.15) is 6.85 Å². The molecule has 0 fully saturated rings. The van der Waals surface area contributed by atoms with Gasteiger partial charge in [0.1, 0.15) is 0 Å². The van der Waals surface area contributed by atoms with Gasteiger partial charge in [0.2, 0.25) is 0 Å². The van der Waals surface area contributed by atoms with Crippen molar-refractivity contribution in [1.82, 2.24) is 0 Å². The SMILES string of the molecule is [2H]C([2H])(Cl)[C@@]([2H])(O[Si](C)(C)C)C([2H])([2H])N=[N+]=[N-]. The second-order valence-corrected chi connectivity index (χ2v) is 7.56. The van der Waals surface area contributed by atoms with Gasteiger partial charge in [-0.3, -0.25) is 0 Å². The molecule has 0 amide bonds. The van der Waals surface area contributed by atoms with Crippen LogP contribution in [0.4, 0.5) is 0 Å². The van der Waals surface area contributed by atoms with Gasteiger partial charge < -0.3 is 4.43 Å². The van der Waals surface area contributed by atoms with E-state index >= 15 is 0 Å². The Bertz CT molecular complexity index is 338. The van der Waals surface area contributed by atoms with Crippen molar-refractivity contribution in [3.63, 3.8) is 0 Å². The van der Waals surface area contributed by atoms with Crippen LogP contribution in [0.25, 0.3) is 10.4 Å². The van der Waals surface area contributed by atoms with Crippen LogP contribution >= 0.6 is 11.6 Å². The summed E-state index contributed by atoms with van der Waals surface area (Å²) in [6.45, 7) is 2.01. The highest BCUT2D eigenvalue weighted by Gasteiger charge is 2.19. The van der Waals surface area contributed by atoms with Gasteiger partial charge in [0.05, 0.1) is 13.9 Å². The fraction of sp³-hybridized carbons (Fsp3) is 1.00. The first kappa shape index (κ1) is 5.50. The molecule has 1 atom stereocenters. The molecule has 4 nitrogen and oxygen atoms in total. The molecule has 12 heavy (non-hydrogen) atoms. The second kappa shape index (κ2) is 5.43. The van der Waals surface area contributed by atoms with Crippen LogP contribution in [0.3, 0.4) is 0 Å². The quantitative estimate of drug-likeness (QED) is 0.227. The van der Waals surface area contributed by atoms with Crippen molar-refractivity contribution in [1.29, 1.82) is 0 Å². The zero-order valence-corrected chi connectivity index (χ0v) is 8.88. The van der Waals surface area contributed by atoms with E-state index in [-0.39, 0.29) is 0 Å². The number of halogens is 1. The van der Waals surface area contributed by atoms with Gasteiger partial charge in [-0.15, -0.1) is 11.6 Å². The highest BCUT2D eigenvalue weighted by Crippen LogP contribution is 2.08. The smallest absolute Gasteiger partial charge is 0.184 e. The Balaban J connectivity index is 5.65. The largest absolute Gasteiger partial charge is 0.413 e. The van der Waals surface area contributed by atoms with Gasteiger partial charge in [-0.05, 0) is 25.2 Å². The summed E-state index contributed by atoms with van der Waals surface area (Å²) in [4.78, 5) is 2.26. The number of hydrogen-bond donors (Lipinski definition) is 0. The summed E-state index contributed by atoms with van der Waals surface area (Å²) in [6.07, 6.45) is -2.81. The Morgan fingerprint density at radius 2 is 2.42 bits per heavy atom. The first-order valence-corrected chi connectivity index (χ1v) is 7.01. The predicted molar refractivity (Wildman–Crippen MR) is 53.0 cm³/mol. The minimum absolute atomic E-state index is 1.64. The van der Waals surface area contributed by atoms with Gasteiger partial charge in [0.25, 0.3) is 0 Å². The molecule has 0 aromatic rings. The van der Waals surface area contributed by atoms with Crippen molar-refractivity contribution in [2.45, 2.75) is 25.7 Å².